The standard InChI is InChI=1S/C18H19N3O2/c1-12-7-13(2)9-14(8-12)19-10-18(23)21-11-17(22)20-15-5-3-4-6-16(15)21/h3-9,19H,10-11H2,1-2H3,(H,20,22). The largest absolute Gasteiger partial charge is 0.376 e. The van der Waals surface area contributed by atoms with Crippen LogP contribution in [0.15, 0.2) is 42.5 Å². The maximum atomic E-state index is 12.5. The van der Waals surface area contributed by atoms with Gasteiger partial charge in [-0.15, -0.1) is 0 Å². The summed E-state index contributed by atoms with van der Waals surface area (Å²) in [5, 5.41) is 5.93. The van der Waals surface area contributed by atoms with Crippen molar-refractivity contribution in [2.75, 3.05) is 28.6 Å². The van der Waals surface area contributed by atoms with Gasteiger partial charge in [0.15, 0.2) is 0 Å². The Hall–Kier alpha value is -2.82. The third kappa shape index (κ3) is 3.34. The zero-order chi connectivity index (χ0) is 16.4. The maximum Gasteiger partial charge on any atom is 0.246 e. The van der Waals surface area contributed by atoms with Crippen molar-refractivity contribution in [2.45, 2.75) is 13.8 Å². The molecule has 2 aromatic carbocycles. The summed E-state index contributed by atoms with van der Waals surface area (Å²) in [5.41, 5.74) is 4.60. The number of rotatable bonds is 3. The van der Waals surface area contributed by atoms with Crippen molar-refractivity contribution in [3.05, 3.63) is 53.6 Å². The molecule has 2 aromatic rings. The minimum Gasteiger partial charge on any atom is -0.376 e. The lowest BCUT2D eigenvalue weighted by Crippen LogP contribution is -2.44. The first-order chi connectivity index (χ1) is 11.0. The second-order valence-corrected chi connectivity index (χ2v) is 5.78. The van der Waals surface area contributed by atoms with Crippen molar-refractivity contribution in [2.24, 2.45) is 0 Å². The number of benzene rings is 2. The molecule has 1 aliphatic rings. The summed E-state index contributed by atoms with van der Waals surface area (Å²) in [4.78, 5) is 25.8. The Balaban J connectivity index is 1.75. The lowest BCUT2D eigenvalue weighted by atomic mass is 10.1. The Bertz CT molecular complexity index is 750. The molecule has 23 heavy (non-hydrogen) atoms. The van der Waals surface area contributed by atoms with Crippen LogP contribution in [0.3, 0.4) is 0 Å². The van der Waals surface area contributed by atoms with Crippen LogP contribution in [-0.2, 0) is 9.59 Å². The third-order valence-corrected chi connectivity index (χ3v) is 3.74. The number of hydrogen-bond acceptors (Lipinski definition) is 3. The SMILES string of the molecule is Cc1cc(C)cc(NCC(=O)N2CC(=O)Nc3ccccc32)c1. The molecule has 0 saturated carbocycles. The van der Waals surface area contributed by atoms with Crippen LogP contribution in [0.25, 0.3) is 0 Å². The zero-order valence-electron chi connectivity index (χ0n) is 13.2. The molecular weight excluding hydrogens is 290 g/mol. The Kier molecular flexibility index (Phi) is 4.02. The van der Waals surface area contributed by atoms with Gasteiger partial charge in [-0.05, 0) is 49.2 Å². The molecule has 2 amide bonds. The summed E-state index contributed by atoms with van der Waals surface area (Å²) in [6, 6.07) is 13.4. The van der Waals surface area contributed by atoms with Crippen molar-refractivity contribution >= 4 is 28.9 Å². The molecule has 0 radical (unpaired) electrons. The van der Waals surface area contributed by atoms with Gasteiger partial charge in [0, 0.05) is 5.69 Å². The van der Waals surface area contributed by atoms with Gasteiger partial charge in [-0.2, -0.15) is 0 Å². The van der Waals surface area contributed by atoms with E-state index < -0.39 is 0 Å². The van der Waals surface area contributed by atoms with E-state index in [0.717, 1.165) is 22.5 Å². The Labute approximate surface area is 135 Å². The second kappa shape index (κ2) is 6.12. The summed E-state index contributed by atoms with van der Waals surface area (Å²) < 4.78 is 0. The molecule has 5 heteroatoms. The van der Waals surface area contributed by atoms with Crippen molar-refractivity contribution in [1.29, 1.82) is 0 Å². The van der Waals surface area contributed by atoms with E-state index in [-0.39, 0.29) is 24.9 Å². The van der Waals surface area contributed by atoms with Crippen LogP contribution in [0.1, 0.15) is 11.1 Å². The van der Waals surface area contributed by atoms with E-state index >= 15 is 0 Å². The lowest BCUT2D eigenvalue weighted by Gasteiger charge is -2.29. The predicted octanol–water partition coefficient (Wildman–Crippen LogP) is 2.70. The number of amides is 2. The van der Waals surface area contributed by atoms with Gasteiger partial charge in [0.25, 0.3) is 0 Å². The summed E-state index contributed by atoms with van der Waals surface area (Å²) in [7, 11) is 0. The van der Waals surface area contributed by atoms with E-state index in [1.54, 1.807) is 6.07 Å². The van der Waals surface area contributed by atoms with Gasteiger partial charge in [0.2, 0.25) is 11.8 Å². The number of aryl methyl sites for hydroxylation is 2. The number of carbonyl (C=O) groups is 2. The van der Waals surface area contributed by atoms with Crippen LogP contribution in [0.2, 0.25) is 0 Å². The molecule has 0 saturated heterocycles. The topological polar surface area (TPSA) is 61.4 Å². The van der Waals surface area contributed by atoms with E-state index in [9.17, 15) is 9.59 Å². The fraction of sp³-hybridized carbons (Fsp3) is 0.222. The predicted molar refractivity (Wildman–Crippen MR) is 91.8 cm³/mol. The third-order valence-electron chi connectivity index (χ3n) is 3.74. The van der Waals surface area contributed by atoms with Gasteiger partial charge in [0.05, 0.1) is 17.9 Å². The highest BCUT2D eigenvalue weighted by Crippen LogP contribution is 2.28. The Morgan fingerprint density at radius 1 is 1.17 bits per heavy atom. The van der Waals surface area contributed by atoms with Crippen LogP contribution in [0.5, 0.6) is 0 Å². The molecule has 0 aliphatic carbocycles. The maximum absolute atomic E-state index is 12.5. The lowest BCUT2D eigenvalue weighted by molar-refractivity contribution is -0.120. The molecule has 1 aliphatic heterocycles. The average molecular weight is 309 g/mol. The van der Waals surface area contributed by atoms with E-state index in [2.05, 4.69) is 16.7 Å². The van der Waals surface area contributed by atoms with Crippen molar-refractivity contribution in [1.82, 2.24) is 0 Å². The van der Waals surface area contributed by atoms with E-state index in [0.29, 0.717) is 5.69 Å². The first kappa shape index (κ1) is 15.1. The minimum atomic E-state index is -0.177. The number of nitrogens with one attached hydrogen (secondary N) is 2. The second-order valence-electron chi connectivity index (χ2n) is 5.78. The van der Waals surface area contributed by atoms with E-state index in [1.807, 2.05) is 44.2 Å². The van der Waals surface area contributed by atoms with Crippen LogP contribution in [0, 0.1) is 13.8 Å². The Morgan fingerprint density at radius 3 is 2.61 bits per heavy atom. The van der Waals surface area contributed by atoms with Gasteiger partial charge >= 0.3 is 0 Å². The minimum absolute atomic E-state index is 0.0460. The monoisotopic (exact) mass is 309 g/mol. The van der Waals surface area contributed by atoms with Gasteiger partial charge < -0.3 is 10.6 Å². The van der Waals surface area contributed by atoms with Crippen molar-refractivity contribution in [3.8, 4) is 0 Å². The van der Waals surface area contributed by atoms with E-state index in [4.69, 9.17) is 0 Å². The molecule has 0 spiro atoms. The fourth-order valence-corrected chi connectivity index (χ4v) is 2.81. The molecule has 0 bridgehead atoms. The highest BCUT2D eigenvalue weighted by Gasteiger charge is 2.26. The number of nitrogens with zero attached hydrogens (tertiary/aromatic N) is 1. The van der Waals surface area contributed by atoms with Crippen LogP contribution < -0.4 is 15.5 Å². The quantitative estimate of drug-likeness (QED) is 0.916. The summed E-state index contributed by atoms with van der Waals surface area (Å²) >= 11 is 0. The van der Waals surface area contributed by atoms with Crippen molar-refractivity contribution in [3.63, 3.8) is 0 Å². The van der Waals surface area contributed by atoms with Crippen LogP contribution >= 0.6 is 0 Å². The summed E-state index contributed by atoms with van der Waals surface area (Å²) in [6.45, 7) is 4.23. The first-order valence-electron chi connectivity index (χ1n) is 7.54. The highest BCUT2D eigenvalue weighted by atomic mass is 16.2. The van der Waals surface area contributed by atoms with Gasteiger partial charge in [-0.1, -0.05) is 18.2 Å². The molecule has 2 N–H and O–H groups in total. The normalized spacial score (nSPS) is 13.3. The summed E-state index contributed by atoms with van der Waals surface area (Å²) in [6.07, 6.45) is 0. The number of anilines is 3. The van der Waals surface area contributed by atoms with Crippen LogP contribution in [-0.4, -0.2) is 24.9 Å². The molecular formula is C18H19N3O2. The number of fused-ring (bicyclic) bond motifs is 1. The molecule has 118 valence electrons. The van der Waals surface area contributed by atoms with Crippen molar-refractivity contribution < 1.29 is 9.59 Å². The fourth-order valence-electron chi connectivity index (χ4n) is 2.81. The zero-order valence-corrected chi connectivity index (χ0v) is 13.2. The van der Waals surface area contributed by atoms with Crippen LogP contribution in [0.4, 0.5) is 17.1 Å². The molecule has 0 atom stereocenters. The molecule has 5 nitrogen and oxygen atoms in total. The number of hydrogen-bond donors (Lipinski definition) is 2. The Morgan fingerprint density at radius 2 is 1.87 bits per heavy atom. The van der Waals surface area contributed by atoms with Gasteiger partial charge in [0.1, 0.15) is 6.54 Å². The molecule has 0 unspecified atom stereocenters. The molecule has 3 rings (SSSR count). The summed E-state index contributed by atoms with van der Waals surface area (Å²) in [5.74, 6) is -0.310. The van der Waals surface area contributed by atoms with Gasteiger partial charge in [-0.3, -0.25) is 14.5 Å². The van der Waals surface area contributed by atoms with Gasteiger partial charge in [-0.25, -0.2) is 0 Å². The smallest absolute Gasteiger partial charge is 0.246 e. The number of carbonyl (C=O) groups excluding carboxylic acids is 2. The molecule has 1 heterocycles. The number of para-hydroxylation sites is 2. The molecule has 0 fully saturated rings. The highest BCUT2D eigenvalue weighted by molar-refractivity contribution is 6.10. The van der Waals surface area contributed by atoms with E-state index in [1.165, 1.54) is 4.90 Å². The average Bonchev–Trinajstić information content (AvgIpc) is 2.51. The first-order valence-corrected chi connectivity index (χ1v) is 7.54. The molecule has 0 aromatic heterocycles.